The maximum atomic E-state index is 12.9. The van der Waals surface area contributed by atoms with Crippen molar-refractivity contribution >= 4 is 0 Å². The molecule has 6 heteroatoms. The van der Waals surface area contributed by atoms with Crippen LogP contribution in [0.3, 0.4) is 0 Å². The first-order chi connectivity index (χ1) is 9.29. The molecule has 2 saturated heterocycles. The standard InChI is InChI=1S/C14H26F3N3/c1-13(2,20-8-5-18-6-9-20)11-19-7-3-4-12(10-19)14(15,16)17/h12,18H,3-11H2,1-2H3. The van der Waals surface area contributed by atoms with Crippen molar-refractivity contribution in [2.24, 2.45) is 5.92 Å². The van der Waals surface area contributed by atoms with Gasteiger partial charge >= 0.3 is 6.18 Å². The molecule has 0 radical (unpaired) electrons. The predicted molar refractivity (Wildman–Crippen MR) is 73.7 cm³/mol. The Hall–Kier alpha value is -0.330. The maximum Gasteiger partial charge on any atom is 0.393 e. The van der Waals surface area contributed by atoms with Crippen molar-refractivity contribution in [1.82, 2.24) is 15.1 Å². The Balaban J connectivity index is 1.91. The second kappa shape index (κ2) is 6.20. The highest BCUT2D eigenvalue weighted by Gasteiger charge is 2.42. The molecule has 2 heterocycles. The Bertz CT molecular complexity index is 311. The third kappa shape index (κ3) is 4.09. The Labute approximate surface area is 119 Å². The van der Waals surface area contributed by atoms with Gasteiger partial charge in [0.25, 0.3) is 0 Å². The number of likely N-dealkylation sites (tertiary alicyclic amines) is 1. The third-order valence-corrected chi connectivity index (χ3v) is 4.55. The quantitative estimate of drug-likeness (QED) is 0.858. The zero-order valence-electron chi connectivity index (χ0n) is 12.5. The van der Waals surface area contributed by atoms with Gasteiger partial charge < -0.3 is 10.2 Å². The average molecular weight is 293 g/mol. The molecule has 1 atom stereocenters. The van der Waals surface area contributed by atoms with Gasteiger partial charge in [-0.2, -0.15) is 13.2 Å². The number of alkyl halides is 3. The monoisotopic (exact) mass is 293 g/mol. The molecule has 0 bridgehead atoms. The summed E-state index contributed by atoms with van der Waals surface area (Å²) in [5.41, 5.74) is -0.0599. The second-order valence-corrected chi connectivity index (χ2v) is 6.67. The highest BCUT2D eigenvalue weighted by atomic mass is 19.4. The SMILES string of the molecule is CC(C)(CN1CCCC(C(F)(F)F)C1)N1CCNCC1. The van der Waals surface area contributed by atoms with Crippen molar-refractivity contribution in [2.75, 3.05) is 45.8 Å². The predicted octanol–water partition coefficient (Wildman–Crippen LogP) is 1.94. The van der Waals surface area contributed by atoms with Crippen LogP contribution in [0.2, 0.25) is 0 Å². The Morgan fingerprint density at radius 2 is 1.75 bits per heavy atom. The zero-order chi connectivity index (χ0) is 14.8. The van der Waals surface area contributed by atoms with Crippen LogP contribution in [-0.2, 0) is 0 Å². The minimum atomic E-state index is -4.04. The molecule has 2 aliphatic rings. The van der Waals surface area contributed by atoms with Crippen LogP contribution in [0.1, 0.15) is 26.7 Å². The van der Waals surface area contributed by atoms with Gasteiger partial charge in [-0.15, -0.1) is 0 Å². The minimum absolute atomic E-state index is 0.0599. The van der Waals surface area contributed by atoms with Crippen LogP contribution >= 0.6 is 0 Å². The van der Waals surface area contributed by atoms with Crippen molar-refractivity contribution in [2.45, 2.75) is 38.4 Å². The number of rotatable bonds is 3. The fourth-order valence-corrected chi connectivity index (χ4v) is 3.38. The van der Waals surface area contributed by atoms with E-state index in [9.17, 15) is 13.2 Å². The van der Waals surface area contributed by atoms with E-state index < -0.39 is 12.1 Å². The second-order valence-electron chi connectivity index (χ2n) is 6.67. The van der Waals surface area contributed by atoms with Crippen LogP contribution in [-0.4, -0.2) is 67.3 Å². The van der Waals surface area contributed by atoms with Gasteiger partial charge in [0.1, 0.15) is 0 Å². The van der Waals surface area contributed by atoms with Gasteiger partial charge in [-0.1, -0.05) is 0 Å². The van der Waals surface area contributed by atoms with E-state index >= 15 is 0 Å². The van der Waals surface area contributed by atoms with Crippen LogP contribution in [0.25, 0.3) is 0 Å². The topological polar surface area (TPSA) is 18.5 Å². The van der Waals surface area contributed by atoms with E-state index in [1.165, 1.54) is 0 Å². The van der Waals surface area contributed by atoms with Crippen molar-refractivity contribution in [1.29, 1.82) is 0 Å². The lowest BCUT2D eigenvalue weighted by Crippen LogP contribution is -2.58. The molecule has 0 aromatic carbocycles. The molecule has 2 fully saturated rings. The molecule has 0 aliphatic carbocycles. The molecular formula is C14H26F3N3. The number of halogens is 3. The van der Waals surface area contributed by atoms with Crippen molar-refractivity contribution in [3.8, 4) is 0 Å². The molecule has 0 saturated carbocycles. The van der Waals surface area contributed by atoms with Crippen LogP contribution in [0.5, 0.6) is 0 Å². The molecule has 0 aromatic heterocycles. The molecule has 2 rings (SSSR count). The smallest absolute Gasteiger partial charge is 0.314 e. The molecule has 0 amide bonds. The first-order valence-electron chi connectivity index (χ1n) is 7.54. The number of hydrogen-bond donors (Lipinski definition) is 1. The van der Waals surface area contributed by atoms with Gasteiger partial charge in [-0.25, -0.2) is 0 Å². The first-order valence-corrected chi connectivity index (χ1v) is 7.54. The number of piperazine rings is 1. The van der Waals surface area contributed by atoms with E-state index in [4.69, 9.17) is 0 Å². The van der Waals surface area contributed by atoms with Crippen LogP contribution in [0.4, 0.5) is 13.2 Å². The highest BCUT2D eigenvalue weighted by Crippen LogP contribution is 2.33. The lowest BCUT2D eigenvalue weighted by molar-refractivity contribution is -0.187. The number of piperidine rings is 1. The Morgan fingerprint density at radius 1 is 1.10 bits per heavy atom. The van der Waals surface area contributed by atoms with Gasteiger partial charge in [0.05, 0.1) is 5.92 Å². The molecule has 2 aliphatic heterocycles. The first kappa shape index (κ1) is 16.0. The molecule has 1 unspecified atom stereocenters. The van der Waals surface area contributed by atoms with E-state index in [0.717, 1.165) is 39.3 Å². The normalized spacial score (nSPS) is 27.8. The van der Waals surface area contributed by atoms with E-state index in [0.29, 0.717) is 6.42 Å². The van der Waals surface area contributed by atoms with Crippen LogP contribution in [0.15, 0.2) is 0 Å². The summed E-state index contributed by atoms with van der Waals surface area (Å²) < 4.78 is 38.6. The summed E-state index contributed by atoms with van der Waals surface area (Å²) in [6, 6.07) is 0. The average Bonchev–Trinajstić information content (AvgIpc) is 2.38. The molecule has 1 N–H and O–H groups in total. The third-order valence-electron chi connectivity index (χ3n) is 4.55. The van der Waals surface area contributed by atoms with E-state index in [1.54, 1.807) is 0 Å². The molecule has 0 aromatic rings. The molecule has 20 heavy (non-hydrogen) atoms. The van der Waals surface area contributed by atoms with Gasteiger partial charge in [-0.3, -0.25) is 4.90 Å². The summed E-state index contributed by atoms with van der Waals surface area (Å²) in [5.74, 6) is -1.14. The maximum absolute atomic E-state index is 12.9. The highest BCUT2D eigenvalue weighted by molar-refractivity contribution is 4.89. The van der Waals surface area contributed by atoms with Crippen molar-refractivity contribution in [3.05, 3.63) is 0 Å². The number of hydrogen-bond acceptors (Lipinski definition) is 3. The van der Waals surface area contributed by atoms with E-state index in [2.05, 4.69) is 24.1 Å². The van der Waals surface area contributed by atoms with Crippen molar-refractivity contribution in [3.63, 3.8) is 0 Å². The molecule has 118 valence electrons. The summed E-state index contributed by atoms with van der Waals surface area (Å²) in [5, 5.41) is 3.31. The van der Waals surface area contributed by atoms with Gasteiger partial charge in [0.15, 0.2) is 0 Å². The van der Waals surface area contributed by atoms with Crippen LogP contribution < -0.4 is 5.32 Å². The fourth-order valence-electron chi connectivity index (χ4n) is 3.38. The minimum Gasteiger partial charge on any atom is -0.314 e. The number of nitrogens with one attached hydrogen (secondary N) is 1. The Morgan fingerprint density at radius 3 is 2.35 bits per heavy atom. The van der Waals surface area contributed by atoms with Crippen LogP contribution in [0, 0.1) is 5.92 Å². The summed E-state index contributed by atoms with van der Waals surface area (Å²) in [4.78, 5) is 4.39. The summed E-state index contributed by atoms with van der Waals surface area (Å²) >= 11 is 0. The lowest BCUT2D eigenvalue weighted by Gasteiger charge is -2.45. The van der Waals surface area contributed by atoms with Gasteiger partial charge in [0, 0.05) is 44.8 Å². The Kier molecular flexibility index (Phi) is 4.97. The van der Waals surface area contributed by atoms with E-state index in [1.807, 2.05) is 4.90 Å². The zero-order valence-corrected chi connectivity index (χ0v) is 12.5. The summed E-state index contributed by atoms with van der Waals surface area (Å²) in [6.45, 7) is 9.86. The number of nitrogens with zero attached hydrogens (tertiary/aromatic N) is 2. The largest absolute Gasteiger partial charge is 0.393 e. The molecule has 3 nitrogen and oxygen atoms in total. The fraction of sp³-hybridized carbons (Fsp3) is 1.00. The lowest BCUT2D eigenvalue weighted by atomic mass is 9.94. The summed E-state index contributed by atoms with van der Waals surface area (Å²) in [6.07, 6.45) is -3.10. The van der Waals surface area contributed by atoms with E-state index in [-0.39, 0.29) is 18.5 Å². The van der Waals surface area contributed by atoms with Gasteiger partial charge in [-0.05, 0) is 33.2 Å². The molecule has 0 spiro atoms. The molecular weight excluding hydrogens is 267 g/mol. The van der Waals surface area contributed by atoms with Crippen molar-refractivity contribution < 1.29 is 13.2 Å². The van der Waals surface area contributed by atoms with Gasteiger partial charge in [0.2, 0.25) is 0 Å². The summed E-state index contributed by atoms with van der Waals surface area (Å²) in [7, 11) is 0.